The average Bonchev–Trinajstić information content (AvgIpc) is 2.71. The van der Waals surface area contributed by atoms with Gasteiger partial charge in [-0.3, -0.25) is 4.79 Å². The van der Waals surface area contributed by atoms with E-state index in [-0.39, 0.29) is 18.0 Å². The number of anilines is 1. The third kappa shape index (κ3) is 3.61. The molecule has 0 unspecified atom stereocenters. The fourth-order valence-electron chi connectivity index (χ4n) is 1.64. The van der Waals surface area contributed by atoms with Crippen LogP contribution in [-0.4, -0.2) is 21.6 Å². The van der Waals surface area contributed by atoms with E-state index in [1.165, 1.54) is 16.8 Å². The van der Waals surface area contributed by atoms with Crippen molar-refractivity contribution in [3.8, 4) is 0 Å². The summed E-state index contributed by atoms with van der Waals surface area (Å²) < 4.78 is 2.03. The number of carboxylic acid groups (broad SMARTS) is 1. The summed E-state index contributed by atoms with van der Waals surface area (Å²) in [5, 5.41) is 12.1. The highest BCUT2D eigenvalue weighted by atomic mass is 79.9. The van der Waals surface area contributed by atoms with Gasteiger partial charge in [0.1, 0.15) is 6.54 Å². The zero-order chi connectivity index (χ0) is 14.7. The molecule has 1 aromatic carbocycles. The van der Waals surface area contributed by atoms with Crippen molar-refractivity contribution in [2.45, 2.75) is 6.54 Å². The number of nitrogens with zero attached hydrogens (tertiary/aromatic N) is 1. The van der Waals surface area contributed by atoms with Gasteiger partial charge >= 0.3 is 5.97 Å². The highest BCUT2D eigenvalue weighted by Gasteiger charge is 2.12. The minimum atomic E-state index is -1.04. The maximum Gasteiger partial charge on any atom is 0.337 e. The number of halogens is 2. The molecule has 0 aliphatic heterocycles. The maximum absolute atomic E-state index is 11.9. The summed E-state index contributed by atoms with van der Waals surface area (Å²) in [6.07, 6.45) is 1.39. The summed E-state index contributed by atoms with van der Waals surface area (Å²) >= 11 is 9.03. The molecule has 2 rings (SSSR count). The van der Waals surface area contributed by atoms with Gasteiger partial charge in [0.15, 0.2) is 0 Å². The van der Waals surface area contributed by atoms with Crippen molar-refractivity contribution in [3.63, 3.8) is 0 Å². The molecule has 20 heavy (non-hydrogen) atoms. The van der Waals surface area contributed by atoms with Crippen LogP contribution in [0.5, 0.6) is 0 Å². The van der Waals surface area contributed by atoms with Crippen LogP contribution in [0.4, 0.5) is 5.69 Å². The Hall–Kier alpha value is -1.79. The van der Waals surface area contributed by atoms with Crippen molar-refractivity contribution in [2.24, 2.45) is 0 Å². The first kappa shape index (κ1) is 14.6. The van der Waals surface area contributed by atoms with E-state index in [1.54, 1.807) is 24.3 Å². The number of carbonyl (C=O) groups excluding carboxylic acids is 1. The zero-order valence-electron chi connectivity index (χ0n) is 10.1. The molecule has 1 heterocycles. The molecule has 0 bridgehead atoms. The predicted octanol–water partition coefficient (Wildman–Crippen LogP) is 3.24. The number of nitrogens with one attached hydrogen (secondary N) is 1. The van der Waals surface area contributed by atoms with Crippen LogP contribution in [0.3, 0.4) is 0 Å². The van der Waals surface area contributed by atoms with Gasteiger partial charge in [-0.2, -0.15) is 0 Å². The molecular weight excluding hydrogens is 348 g/mol. The molecule has 0 fully saturated rings. The number of hydrogen-bond acceptors (Lipinski definition) is 2. The minimum absolute atomic E-state index is 0.000374. The van der Waals surface area contributed by atoms with Crippen molar-refractivity contribution in [1.82, 2.24) is 4.57 Å². The Bertz CT molecular complexity index is 669. The smallest absolute Gasteiger partial charge is 0.337 e. The fraction of sp³-hybridized carbons (Fsp3) is 0.0769. The molecular formula is C13H10BrClN2O3. The summed E-state index contributed by atoms with van der Waals surface area (Å²) in [7, 11) is 0. The number of hydrogen-bond donors (Lipinski definition) is 2. The van der Waals surface area contributed by atoms with E-state index in [4.69, 9.17) is 16.7 Å². The molecule has 104 valence electrons. The number of aromatic carboxylic acids is 1. The Labute approximate surface area is 128 Å². The molecule has 1 amide bonds. The molecule has 0 saturated heterocycles. The number of amides is 1. The van der Waals surface area contributed by atoms with Crippen LogP contribution in [0.2, 0.25) is 5.02 Å². The zero-order valence-corrected chi connectivity index (χ0v) is 12.5. The molecule has 7 heteroatoms. The molecule has 0 spiro atoms. The van der Waals surface area contributed by atoms with Crippen LogP contribution in [-0.2, 0) is 11.3 Å². The molecule has 1 aromatic heterocycles. The number of benzene rings is 1. The number of carbonyl (C=O) groups is 2. The van der Waals surface area contributed by atoms with Crippen molar-refractivity contribution in [3.05, 3.63) is 51.7 Å². The van der Waals surface area contributed by atoms with Gasteiger partial charge in [0.25, 0.3) is 0 Å². The van der Waals surface area contributed by atoms with E-state index in [0.29, 0.717) is 15.3 Å². The lowest BCUT2D eigenvalue weighted by Gasteiger charge is -2.07. The second-order valence-electron chi connectivity index (χ2n) is 4.04. The lowest BCUT2D eigenvalue weighted by atomic mass is 10.3. The summed E-state index contributed by atoms with van der Waals surface area (Å²) in [5.41, 5.74) is 0.705. The maximum atomic E-state index is 11.9. The number of aromatic nitrogens is 1. The second kappa shape index (κ2) is 6.11. The van der Waals surface area contributed by atoms with Gasteiger partial charge < -0.3 is 15.0 Å². The molecule has 0 saturated carbocycles. The van der Waals surface area contributed by atoms with E-state index in [2.05, 4.69) is 21.2 Å². The SMILES string of the molecule is O=C(Cn1cc(C(=O)O)cc1Br)Nc1cccc(Cl)c1. The Morgan fingerprint density at radius 2 is 2.10 bits per heavy atom. The summed E-state index contributed by atoms with van der Waals surface area (Å²) in [6, 6.07) is 8.23. The molecule has 2 N–H and O–H groups in total. The normalized spacial score (nSPS) is 10.3. The van der Waals surface area contributed by atoms with Gasteiger partial charge in [0, 0.05) is 16.9 Å². The third-order valence-electron chi connectivity index (χ3n) is 2.51. The van der Waals surface area contributed by atoms with Gasteiger partial charge in [0.2, 0.25) is 5.91 Å². The Morgan fingerprint density at radius 3 is 2.70 bits per heavy atom. The van der Waals surface area contributed by atoms with E-state index in [1.807, 2.05) is 0 Å². The van der Waals surface area contributed by atoms with Crippen LogP contribution < -0.4 is 5.32 Å². The van der Waals surface area contributed by atoms with E-state index < -0.39 is 5.97 Å². The topological polar surface area (TPSA) is 71.3 Å². The standard InChI is InChI=1S/C13H10BrClN2O3/c14-11-4-8(13(19)20)6-17(11)7-12(18)16-10-3-1-2-9(15)5-10/h1-6H,7H2,(H,16,18)(H,19,20). The van der Waals surface area contributed by atoms with Gasteiger partial charge in [-0.1, -0.05) is 17.7 Å². The average molecular weight is 358 g/mol. The van der Waals surface area contributed by atoms with Gasteiger partial charge in [0.05, 0.1) is 10.2 Å². The third-order valence-corrected chi connectivity index (χ3v) is 3.43. The second-order valence-corrected chi connectivity index (χ2v) is 5.29. The van der Waals surface area contributed by atoms with E-state index in [0.717, 1.165) is 0 Å². The molecule has 5 nitrogen and oxygen atoms in total. The fourth-order valence-corrected chi connectivity index (χ4v) is 2.30. The molecule has 0 aliphatic carbocycles. The number of rotatable bonds is 4. The van der Waals surface area contributed by atoms with Crippen LogP contribution in [0.1, 0.15) is 10.4 Å². The van der Waals surface area contributed by atoms with Crippen LogP contribution in [0.25, 0.3) is 0 Å². The largest absolute Gasteiger partial charge is 0.478 e. The monoisotopic (exact) mass is 356 g/mol. The first-order chi connectivity index (χ1) is 9.45. The summed E-state index contributed by atoms with van der Waals surface area (Å²) in [4.78, 5) is 22.7. The lowest BCUT2D eigenvalue weighted by Crippen LogP contribution is -2.18. The first-order valence-electron chi connectivity index (χ1n) is 5.60. The van der Waals surface area contributed by atoms with Gasteiger partial charge in [-0.15, -0.1) is 0 Å². The van der Waals surface area contributed by atoms with Gasteiger partial charge in [-0.05, 0) is 40.2 Å². The summed E-state index contributed by atoms with van der Waals surface area (Å²) in [6.45, 7) is 0.000374. The molecule has 0 radical (unpaired) electrons. The Kier molecular flexibility index (Phi) is 4.46. The van der Waals surface area contributed by atoms with Crippen LogP contribution >= 0.6 is 27.5 Å². The first-order valence-corrected chi connectivity index (χ1v) is 6.77. The molecule has 0 atom stereocenters. The number of carboxylic acids is 1. The Morgan fingerprint density at radius 1 is 1.35 bits per heavy atom. The predicted molar refractivity (Wildman–Crippen MR) is 79.2 cm³/mol. The highest BCUT2D eigenvalue weighted by Crippen LogP contribution is 2.17. The van der Waals surface area contributed by atoms with Crippen molar-refractivity contribution in [2.75, 3.05) is 5.32 Å². The lowest BCUT2D eigenvalue weighted by molar-refractivity contribution is -0.116. The van der Waals surface area contributed by atoms with E-state index >= 15 is 0 Å². The van der Waals surface area contributed by atoms with Crippen molar-refractivity contribution in [1.29, 1.82) is 0 Å². The molecule has 2 aromatic rings. The van der Waals surface area contributed by atoms with Crippen molar-refractivity contribution < 1.29 is 14.7 Å². The summed E-state index contributed by atoms with van der Waals surface area (Å²) in [5.74, 6) is -1.32. The molecule has 0 aliphatic rings. The van der Waals surface area contributed by atoms with E-state index in [9.17, 15) is 9.59 Å². The Balaban J connectivity index is 2.06. The van der Waals surface area contributed by atoms with Crippen LogP contribution in [0.15, 0.2) is 41.1 Å². The van der Waals surface area contributed by atoms with Crippen LogP contribution in [0, 0.1) is 0 Å². The minimum Gasteiger partial charge on any atom is -0.478 e. The quantitative estimate of drug-likeness (QED) is 0.882. The van der Waals surface area contributed by atoms with Crippen molar-refractivity contribution >= 4 is 45.1 Å². The highest BCUT2D eigenvalue weighted by molar-refractivity contribution is 9.10. The van der Waals surface area contributed by atoms with Gasteiger partial charge in [-0.25, -0.2) is 4.79 Å².